The van der Waals surface area contributed by atoms with Gasteiger partial charge in [-0.25, -0.2) is 0 Å². The maximum Gasteiger partial charge on any atom is 0.416 e. The zero-order valence-corrected chi connectivity index (χ0v) is 22.2. The molecule has 0 saturated carbocycles. The zero-order valence-electron chi connectivity index (χ0n) is 21.4. The summed E-state index contributed by atoms with van der Waals surface area (Å²) < 4.78 is 86.3. The second kappa shape index (κ2) is 9.56. The van der Waals surface area contributed by atoms with E-state index < -0.39 is 29.2 Å². The van der Waals surface area contributed by atoms with Crippen LogP contribution in [0, 0.1) is 5.92 Å². The number of anilines is 2. The maximum atomic E-state index is 13.2. The van der Waals surface area contributed by atoms with Crippen molar-refractivity contribution in [1.29, 1.82) is 0 Å². The third kappa shape index (κ3) is 4.79. The smallest absolute Gasteiger partial charge is 0.364 e. The van der Waals surface area contributed by atoms with Crippen LogP contribution < -0.4 is 10.6 Å². The molecule has 0 amide bonds. The van der Waals surface area contributed by atoms with Gasteiger partial charge in [0.25, 0.3) is 0 Å². The number of aromatic nitrogens is 1. The summed E-state index contributed by atoms with van der Waals surface area (Å²) >= 11 is 5.25. The van der Waals surface area contributed by atoms with Crippen LogP contribution in [0.3, 0.4) is 0 Å². The minimum absolute atomic E-state index is 0.0740. The first-order valence-electron chi connectivity index (χ1n) is 13.0. The molecule has 4 bridgehead atoms. The van der Waals surface area contributed by atoms with E-state index in [1.807, 2.05) is 12.1 Å². The predicted octanol–water partition coefficient (Wildman–Crippen LogP) is 7.40. The molecule has 5 nitrogen and oxygen atoms in total. The highest BCUT2D eigenvalue weighted by Crippen LogP contribution is 2.54. The molecule has 5 fully saturated rings. The van der Waals surface area contributed by atoms with Crippen molar-refractivity contribution >= 4 is 39.6 Å². The van der Waals surface area contributed by atoms with Crippen LogP contribution in [0.1, 0.15) is 49.0 Å². The maximum absolute atomic E-state index is 13.2. The molecule has 1 aromatic heterocycles. The van der Waals surface area contributed by atoms with Gasteiger partial charge in [-0.3, -0.25) is 9.88 Å². The molecular weight excluding hydrogens is 554 g/mol. The van der Waals surface area contributed by atoms with Crippen molar-refractivity contribution in [3.63, 3.8) is 0 Å². The molecule has 4 unspecified atom stereocenters. The Balaban J connectivity index is 1.27. The number of nitrogens with zero attached hydrogens (tertiary/aromatic N) is 2. The third-order valence-corrected chi connectivity index (χ3v) is 8.67. The Morgan fingerprint density at radius 1 is 1.02 bits per heavy atom. The number of piperidine rings is 3. The highest BCUT2D eigenvalue weighted by molar-refractivity contribution is 7.80. The van der Waals surface area contributed by atoms with Crippen LogP contribution in [0.15, 0.2) is 48.7 Å². The van der Waals surface area contributed by atoms with Crippen LogP contribution in [-0.2, 0) is 17.1 Å². The Labute approximate surface area is 231 Å². The van der Waals surface area contributed by atoms with Crippen molar-refractivity contribution in [3.05, 3.63) is 65.4 Å². The summed E-state index contributed by atoms with van der Waals surface area (Å²) in [6.45, 7) is 4.16. The Hall–Kier alpha value is -2.96. The van der Waals surface area contributed by atoms with Crippen LogP contribution in [-0.4, -0.2) is 39.7 Å². The molecule has 2 N–H and O–H groups in total. The minimum atomic E-state index is -4.96. The summed E-state index contributed by atoms with van der Waals surface area (Å²) in [7, 11) is 0. The van der Waals surface area contributed by atoms with Crippen molar-refractivity contribution in [2.45, 2.75) is 56.3 Å². The molecule has 3 aromatic rings. The van der Waals surface area contributed by atoms with Crippen molar-refractivity contribution in [3.8, 4) is 0 Å². The van der Waals surface area contributed by atoms with Crippen LogP contribution in [0.2, 0.25) is 0 Å². The van der Waals surface area contributed by atoms with Gasteiger partial charge in [0.05, 0.1) is 28.3 Å². The predicted molar refractivity (Wildman–Crippen MR) is 143 cm³/mol. The van der Waals surface area contributed by atoms with Gasteiger partial charge < -0.3 is 15.4 Å². The standard InChI is InChI=1S/C28H26F6N4OS/c1-2-26-14-38-8-6-15(26)12-23(38)24(39-26)20-5-7-35-22-4-3-18(13-21(20)22)36-25(40)37-19-10-16(27(29,30)31)9-17(11-19)28(32,33)34/h3-5,7,9-11,13,15,23-24H,2,6,8,12,14H2,1H3,(H2,36,37,40)/t15?,23?,24-,26?/m0/s1. The van der Waals surface area contributed by atoms with E-state index in [4.69, 9.17) is 17.0 Å². The zero-order chi connectivity index (χ0) is 28.4. The SMILES string of the molecule is CCC12CN3CCC1CC3[C@H](c1ccnc3ccc(NC(=S)Nc4cc(C(F)(F)F)cc(C(F)(F)F)c4)cc13)O2. The molecule has 40 heavy (non-hydrogen) atoms. The van der Waals surface area contributed by atoms with Gasteiger partial charge in [-0.05, 0) is 92.0 Å². The van der Waals surface area contributed by atoms with Crippen LogP contribution in [0.25, 0.3) is 10.9 Å². The normalized spacial score (nSPS) is 27.7. The number of halogens is 6. The number of rotatable bonds is 4. The Bertz CT molecular complexity index is 1450. The van der Waals surface area contributed by atoms with E-state index in [0.717, 1.165) is 48.8 Å². The van der Waals surface area contributed by atoms with E-state index >= 15 is 0 Å². The first-order valence-corrected chi connectivity index (χ1v) is 13.5. The topological polar surface area (TPSA) is 49.4 Å². The molecule has 5 atom stereocenters. The van der Waals surface area contributed by atoms with Gasteiger partial charge in [-0.2, -0.15) is 26.3 Å². The number of benzene rings is 2. The molecule has 212 valence electrons. The third-order valence-electron chi connectivity index (χ3n) is 8.47. The molecule has 0 aliphatic carbocycles. The van der Waals surface area contributed by atoms with E-state index in [-0.39, 0.29) is 28.9 Å². The number of nitrogens with one attached hydrogen (secondary N) is 2. The van der Waals surface area contributed by atoms with Crippen molar-refractivity contribution in [1.82, 2.24) is 9.88 Å². The van der Waals surface area contributed by atoms with Crippen molar-refractivity contribution in [2.24, 2.45) is 5.92 Å². The number of hydrogen-bond acceptors (Lipinski definition) is 4. The van der Waals surface area contributed by atoms with Gasteiger partial charge in [0.2, 0.25) is 0 Å². The van der Waals surface area contributed by atoms with Gasteiger partial charge in [0.1, 0.15) is 0 Å². The fourth-order valence-corrected chi connectivity index (χ4v) is 6.78. The first kappa shape index (κ1) is 27.2. The quantitative estimate of drug-likeness (QED) is 0.248. The van der Waals surface area contributed by atoms with Gasteiger partial charge in [0.15, 0.2) is 5.11 Å². The Morgan fingerprint density at radius 2 is 1.73 bits per heavy atom. The number of morpholine rings is 1. The second-order valence-corrected chi connectivity index (χ2v) is 11.1. The average Bonchev–Trinajstić information content (AvgIpc) is 2.91. The summed E-state index contributed by atoms with van der Waals surface area (Å²) in [6, 6.07) is 8.79. The average molecular weight is 581 g/mol. The first-order chi connectivity index (χ1) is 18.9. The molecule has 12 heteroatoms. The summed E-state index contributed by atoms with van der Waals surface area (Å²) in [4.78, 5) is 7.00. The van der Waals surface area contributed by atoms with E-state index in [0.29, 0.717) is 23.7 Å². The molecule has 5 saturated heterocycles. The Kier molecular flexibility index (Phi) is 6.50. The number of pyridine rings is 1. The Morgan fingerprint density at radius 3 is 2.35 bits per heavy atom. The monoisotopic (exact) mass is 580 g/mol. The number of alkyl halides is 6. The summed E-state index contributed by atoms with van der Waals surface area (Å²) in [5, 5.41) is 6.04. The van der Waals surface area contributed by atoms with Gasteiger partial charge >= 0.3 is 12.4 Å². The number of thiocarbonyl (C=S) groups is 1. The second-order valence-electron chi connectivity index (χ2n) is 10.7. The van der Waals surface area contributed by atoms with E-state index in [2.05, 4.69) is 27.4 Å². The molecular formula is C28H26F6N4OS. The summed E-state index contributed by atoms with van der Waals surface area (Å²) in [6.07, 6.45) is -5.15. The molecule has 8 rings (SSSR count). The fraction of sp³-hybridized carbons (Fsp3) is 0.429. The van der Waals surface area contributed by atoms with Crippen molar-refractivity contribution < 1.29 is 31.1 Å². The molecule has 0 radical (unpaired) electrons. The van der Waals surface area contributed by atoms with Gasteiger partial charge in [-0.15, -0.1) is 0 Å². The number of ether oxygens (including phenoxy) is 1. The summed E-state index contributed by atoms with van der Waals surface area (Å²) in [5.74, 6) is 0.547. The lowest BCUT2D eigenvalue weighted by Crippen LogP contribution is -2.70. The van der Waals surface area contributed by atoms with Gasteiger partial charge in [0, 0.05) is 35.5 Å². The highest BCUT2D eigenvalue weighted by Gasteiger charge is 2.58. The molecule has 0 spiro atoms. The van der Waals surface area contributed by atoms with E-state index in [9.17, 15) is 26.3 Å². The van der Waals surface area contributed by atoms with E-state index in [1.54, 1.807) is 18.3 Å². The largest absolute Gasteiger partial charge is 0.416 e. The van der Waals surface area contributed by atoms with E-state index in [1.165, 1.54) is 0 Å². The summed E-state index contributed by atoms with van der Waals surface area (Å²) in [5.41, 5.74) is -1.21. The molecule has 6 heterocycles. The highest BCUT2D eigenvalue weighted by atomic mass is 32.1. The fourth-order valence-electron chi connectivity index (χ4n) is 6.54. The molecule has 5 aliphatic rings. The van der Waals surface area contributed by atoms with Crippen LogP contribution in [0.4, 0.5) is 37.7 Å². The lowest BCUT2D eigenvalue weighted by molar-refractivity contribution is -0.274. The van der Waals surface area contributed by atoms with Crippen LogP contribution in [0.5, 0.6) is 0 Å². The molecule has 5 aliphatic heterocycles. The van der Waals surface area contributed by atoms with Gasteiger partial charge in [-0.1, -0.05) is 6.92 Å². The van der Waals surface area contributed by atoms with Crippen molar-refractivity contribution in [2.75, 3.05) is 23.7 Å². The minimum Gasteiger partial charge on any atom is -0.364 e. The lowest BCUT2D eigenvalue weighted by atomic mass is 9.66. The number of fused-ring (bicyclic) bond motifs is 3. The lowest BCUT2D eigenvalue weighted by Gasteiger charge is -2.64. The number of hydrogen-bond donors (Lipinski definition) is 2. The van der Waals surface area contributed by atoms with Crippen LogP contribution >= 0.6 is 12.2 Å². The molecule has 2 aromatic carbocycles.